The molecule has 1 aliphatic heterocycles. The number of phosphoric acid groups is 3. The normalized spacial score (nSPS) is 30.2. The van der Waals surface area contributed by atoms with Crippen LogP contribution in [0.5, 0.6) is 0 Å². The lowest BCUT2D eigenvalue weighted by Crippen LogP contribution is -2.45. The molecule has 0 radical (unpaired) electrons. The second-order valence-electron chi connectivity index (χ2n) is 6.38. The van der Waals surface area contributed by atoms with E-state index in [1.165, 1.54) is 0 Å². The van der Waals surface area contributed by atoms with Gasteiger partial charge in [-0.3, -0.25) is 9.09 Å². The van der Waals surface area contributed by atoms with Crippen LogP contribution in [0.2, 0.25) is 0 Å². The summed E-state index contributed by atoms with van der Waals surface area (Å²) in [7, 11) is -17.1. The van der Waals surface area contributed by atoms with Gasteiger partial charge in [0.05, 0.1) is 12.3 Å². The number of terminal acetylenes is 1. The first-order chi connectivity index (χ1) is 14.8. The van der Waals surface area contributed by atoms with Crippen molar-refractivity contribution in [3.05, 3.63) is 22.5 Å². The van der Waals surface area contributed by atoms with Crippen molar-refractivity contribution in [2.24, 2.45) is 0 Å². The SMILES string of the molecule is C#CC1(Cl)[C@@H](O)[C@@H]([C@@H](C)OP(=O)(O)OP(=O)(O)OP(=O)(O)O)O[C@H]1n1cc(F)c(N)nc1=O. The van der Waals surface area contributed by atoms with Gasteiger partial charge in [0.15, 0.2) is 22.7 Å². The van der Waals surface area contributed by atoms with E-state index < -0.39 is 70.2 Å². The standard InChI is InChI=1S/C12H16ClFN3O13P3/c1-3-12(13)8(18)7(27-10(12)17-4-6(14)9(15)16-11(17)19)5(2)28-32(23,24)30-33(25,26)29-31(20,21)22/h1,4-5,7-8,10,18H,2H3,(H,23,24)(H,25,26)(H2,15,16,19)(H2,20,21,22)/t5-,7-,8+,10-,12?/m1/s1. The average molecular weight is 558 g/mol. The summed E-state index contributed by atoms with van der Waals surface area (Å²) in [6.45, 7) is 0.965. The minimum atomic E-state index is -5.82. The zero-order valence-corrected chi connectivity index (χ0v) is 19.5. The summed E-state index contributed by atoms with van der Waals surface area (Å²) in [5.74, 6) is 0.0224. The summed E-state index contributed by atoms with van der Waals surface area (Å²) in [5, 5.41) is 10.5. The summed E-state index contributed by atoms with van der Waals surface area (Å²) in [5.41, 5.74) is 4.00. The van der Waals surface area contributed by atoms with Crippen LogP contribution in [0.15, 0.2) is 11.0 Å². The summed E-state index contributed by atoms with van der Waals surface area (Å²) in [4.78, 5) is 48.9. The molecule has 2 rings (SSSR count). The van der Waals surface area contributed by atoms with Crippen molar-refractivity contribution >= 4 is 40.9 Å². The number of nitrogens with two attached hydrogens (primary N) is 1. The number of anilines is 1. The maximum atomic E-state index is 13.8. The Hall–Kier alpha value is -1.21. The fraction of sp³-hybridized carbons (Fsp3) is 0.500. The van der Waals surface area contributed by atoms with Crippen molar-refractivity contribution in [2.75, 3.05) is 5.73 Å². The number of aliphatic hydroxyl groups is 1. The van der Waals surface area contributed by atoms with Crippen LogP contribution in [0, 0.1) is 18.2 Å². The lowest BCUT2D eigenvalue weighted by Gasteiger charge is -2.26. The van der Waals surface area contributed by atoms with Crippen molar-refractivity contribution in [1.29, 1.82) is 0 Å². The number of nitrogen functional groups attached to an aromatic ring is 1. The smallest absolute Gasteiger partial charge is 0.387 e. The Morgan fingerprint density at radius 1 is 1.33 bits per heavy atom. The highest BCUT2D eigenvalue weighted by Gasteiger charge is 2.58. The van der Waals surface area contributed by atoms with Gasteiger partial charge in [0.1, 0.15) is 12.2 Å². The molecule has 2 heterocycles. The van der Waals surface area contributed by atoms with Gasteiger partial charge in [0, 0.05) is 0 Å². The molecule has 16 nitrogen and oxygen atoms in total. The molecule has 186 valence electrons. The largest absolute Gasteiger partial charge is 0.490 e. The maximum absolute atomic E-state index is 13.8. The number of rotatable bonds is 8. The van der Waals surface area contributed by atoms with Gasteiger partial charge in [-0.1, -0.05) is 17.5 Å². The van der Waals surface area contributed by atoms with Crippen molar-refractivity contribution in [3.8, 4) is 12.3 Å². The molecule has 0 amide bonds. The molecule has 1 saturated heterocycles. The molecule has 21 heteroatoms. The average Bonchev–Trinajstić information content (AvgIpc) is 2.87. The van der Waals surface area contributed by atoms with Crippen LogP contribution >= 0.6 is 35.1 Å². The zero-order valence-electron chi connectivity index (χ0n) is 16.0. The Morgan fingerprint density at radius 2 is 1.91 bits per heavy atom. The predicted octanol–water partition coefficient (Wildman–Crippen LogP) is -0.435. The highest BCUT2D eigenvalue weighted by atomic mass is 35.5. The Bertz CT molecular complexity index is 1170. The number of halogens is 2. The van der Waals surface area contributed by atoms with Gasteiger partial charge in [-0.05, 0) is 6.92 Å². The fourth-order valence-electron chi connectivity index (χ4n) is 2.69. The molecule has 1 aromatic rings. The number of hydrogen-bond donors (Lipinski definition) is 6. The van der Waals surface area contributed by atoms with E-state index in [0.29, 0.717) is 10.8 Å². The van der Waals surface area contributed by atoms with Gasteiger partial charge in [-0.25, -0.2) is 22.9 Å². The first-order valence-electron chi connectivity index (χ1n) is 8.18. The van der Waals surface area contributed by atoms with E-state index in [1.807, 2.05) is 5.92 Å². The van der Waals surface area contributed by atoms with E-state index in [1.54, 1.807) is 0 Å². The number of nitrogens with zero attached hydrogens (tertiary/aromatic N) is 2. The van der Waals surface area contributed by atoms with E-state index in [0.717, 1.165) is 6.92 Å². The first kappa shape index (κ1) is 28.0. The predicted molar refractivity (Wildman–Crippen MR) is 105 cm³/mol. The molecule has 0 saturated carbocycles. The highest BCUT2D eigenvalue weighted by Crippen LogP contribution is 2.66. The van der Waals surface area contributed by atoms with E-state index in [9.17, 15) is 37.8 Å². The van der Waals surface area contributed by atoms with Gasteiger partial charge in [-0.2, -0.15) is 13.6 Å². The molecule has 1 aliphatic rings. The maximum Gasteiger partial charge on any atom is 0.490 e. The minimum Gasteiger partial charge on any atom is -0.387 e. The molecule has 33 heavy (non-hydrogen) atoms. The molecule has 0 spiro atoms. The van der Waals surface area contributed by atoms with E-state index >= 15 is 0 Å². The quantitative estimate of drug-likeness (QED) is 0.135. The number of phosphoric ester groups is 1. The number of ether oxygens (including phenoxy) is 1. The van der Waals surface area contributed by atoms with Gasteiger partial charge in [-0.15, -0.1) is 6.42 Å². The zero-order chi connectivity index (χ0) is 25.6. The third-order valence-corrected chi connectivity index (χ3v) is 8.42. The summed E-state index contributed by atoms with van der Waals surface area (Å²) in [6, 6.07) is 0. The van der Waals surface area contributed by atoms with Crippen molar-refractivity contribution < 1.29 is 60.6 Å². The van der Waals surface area contributed by atoms with Crippen LogP contribution in [-0.4, -0.2) is 57.4 Å². The minimum absolute atomic E-state index is 0.458. The molecule has 0 aromatic carbocycles. The van der Waals surface area contributed by atoms with Crippen LogP contribution in [0.25, 0.3) is 0 Å². The molecule has 1 aromatic heterocycles. The Morgan fingerprint density at radius 3 is 2.42 bits per heavy atom. The van der Waals surface area contributed by atoms with Crippen LogP contribution in [0.1, 0.15) is 13.2 Å². The van der Waals surface area contributed by atoms with Gasteiger partial charge in [0.25, 0.3) is 0 Å². The lowest BCUT2D eigenvalue weighted by molar-refractivity contribution is -0.0751. The Balaban J connectivity index is 2.31. The van der Waals surface area contributed by atoms with Gasteiger partial charge < -0.3 is 35.2 Å². The monoisotopic (exact) mass is 557 g/mol. The van der Waals surface area contributed by atoms with Crippen molar-refractivity contribution in [3.63, 3.8) is 0 Å². The van der Waals surface area contributed by atoms with Crippen LogP contribution in [-0.2, 0) is 31.6 Å². The van der Waals surface area contributed by atoms with E-state index in [2.05, 4.69) is 18.1 Å². The number of alkyl halides is 1. The molecule has 7 N–H and O–H groups in total. The third-order valence-electron chi connectivity index (χ3n) is 3.97. The summed E-state index contributed by atoms with van der Waals surface area (Å²) >= 11 is 6.20. The molecule has 7 atom stereocenters. The van der Waals surface area contributed by atoms with Crippen LogP contribution in [0.3, 0.4) is 0 Å². The molecule has 0 bridgehead atoms. The number of aliphatic hydroxyl groups excluding tert-OH is 1. The van der Waals surface area contributed by atoms with Crippen molar-refractivity contribution in [2.45, 2.75) is 36.3 Å². The molecular formula is C12H16ClFN3O13P3. The first-order valence-corrected chi connectivity index (χ1v) is 13.1. The lowest BCUT2D eigenvalue weighted by atomic mass is 9.97. The number of hydrogen-bond acceptors (Lipinski definition) is 11. The van der Waals surface area contributed by atoms with Crippen molar-refractivity contribution in [1.82, 2.24) is 9.55 Å². The highest BCUT2D eigenvalue weighted by molar-refractivity contribution is 7.66. The fourth-order valence-corrected chi connectivity index (χ4v) is 6.18. The topological polar surface area (TPSA) is 250 Å². The second-order valence-corrected chi connectivity index (χ2v) is 11.4. The molecule has 0 aliphatic carbocycles. The van der Waals surface area contributed by atoms with Gasteiger partial charge in [0.2, 0.25) is 0 Å². The van der Waals surface area contributed by atoms with Crippen LogP contribution < -0.4 is 11.4 Å². The Labute approximate surface area is 188 Å². The summed E-state index contributed by atoms with van der Waals surface area (Å²) in [6.07, 6.45) is -1.43. The molecule has 1 fully saturated rings. The summed E-state index contributed by atoms with van der Waals surface area (Å²) < 4.78 is 65.5. The van der Waals surface area contributed by atoms with E-state index in [-0.39, 0.29) is 0 Å². The Kier molecular flexibility index (Phi) is 8.02. The van der Waals surface area contributed by atoms with Crippen LogP contribution in [0.4, 0.5) is 10.2 Å². The molecular weight excluding hydrogens is 542 g/mol. The number of aromatic nitrogens is 2. The van der Waals surface area contributed by atoms with Gasteiger partial charge >= 0.3 is 29.2 Å². The van der Waals surface area contributed by atoms with E-state index in [4.69, 9.17) is 38.3 Å². The third kappa shape index (κ3) is 6.47. The second kappa shape index (κ2) is 9.44. The molecule has 3 unspecified atom stereocenters.